The van der Waals surface area contributed by atoms with E-state index in [4.69, 9.17) is 0 Å². The zero-order chi connectivity index (χ0) is 27.3. The average Bonchev–Trinajstić information content (AvgIpc) is 3.36. The number of amides is 4. The van der Waals surface area contributed by atoms with Gasteiger partial charge in [0.15, 0.2) is 0 Å². The van der Waals surface area contributed by atoms with Gasteiger partial charge in [-0.3, -0.25) is 23.5 Å². The van der Waals surface area contributed by atoms with E-state index in [2.05, 4.69) is 15.4 Å². The Kier molecular flexibility index (Phi) is 8.39. The van der Waals surface area contributed by atoms with Gasteiger partial charge in [0.1, 0.15) is 17.6 Å². The van der Waals surface area contributed by atoms with E-state index >= 15 is 0 Å². The molecule has 206 valence electrons. The number of hydrogen-bond acceptors (Lipinski definition) is 6. The zero-order valence-corrected chi connectivity index (χ0v) is 22.3. The van der Waals surface area contributed by atoms with Gasteiger partial charge in [0, 0.05) is 19.5 Å². The molecule has 2 fully saturated rings. The Hall–Kier alpha value is -3.41. The molecule has 11 nitrogen and oxygen atoms in total. The van der Waals surface area contributed by atoms with Crippen LogP contribution in [0.3, 0.4) is 0 Å². The zero-order valence-electron chi connectivity index (χ0n) is 21.5. The highest BCUT2D eigenvalue weighted by Crippen LogP contribution is 2.45. The first-order valence-corrected chi connectivity index (χ1v) is 14.5. The van der Waals surface area contributed by atoms with E-state index in [1.807, 2.05) is 12.2 Å². The van der Waals surface area contributed by atoms with E-state index in [0.717, 1.165) is 30.0 Å². The molecule has 3 aliphatic rings. The first-order valence-electron chi connectivity index (χ1n) is 13.0. The molecule has 0 radical (unpaired) electrons. The number of nitrogens with one attached hydrogen (secondary N) is 3. The number of anilines is 1. The minimum absolute atomic E-state index is 0.252. The molecule has 0 bridgehead atoms. The lowest BCUT2D eigenvalue weighted by Gasteiger charge is -2.29. The third-order valence-electron chi connectivity index (χ3n) is 7.61. The predicted octanol–water partition coefficient (Wildman–Crippen LogP) is 0.985. The summed E-state index contributed by atoms with van der Waals surface area (Å²) in [7, 11) is -2.90. The van der Waals surface area contributed by atoms with Crippen molar-refractivity contribution >= 4 is 40.0 Å². The smallest absolute Gasteiger partial charge is 0.325 e. The third-order valence-corrected chi connectivity index (χ3v) is 8.98. The number of fused-ring (bicyclic) bond motifs is 2. The maximum absolute atomic E-state index is 13.5. The van der Waals surface area contributed by atoms with Crippen molar-refractivity contribution in [3.05, 3.63) is 42.5 Å². The number of hydrogen-bond donors (Lipinski definition) is 3. The lowest BCUT2D eigenvalue weighted by Crippen LogP contribution is -2.58. The fourth-order valence-corrected chi connectivity index (χ4v) is 6.20. The van der Waals surface area contributed by atoms with Crippen LogP contribution in [0.25, 0.3) is 0 Å². The van der Waals surface area contributed by atoms with Crippen LogP contribution in [-0.2, 0) is 29.4 Å². The van der Waals surface area contributed by atoms with Gasteiger partial charge in [-0.15, -0.1) is 0 Å². The van der Waals surface area contributed by atoms with Gasteiger partial charge >= 0.3 is 10.2 Å². The van der Waals surface area contributed by atoms with E-state index in [9.17, 15) is 27.6 Å². The van der Waals surface area contributed by atoms with Crippen molar-refractivity contribution in [2.24, 2.45) is 5.92 Å². The van der Waals surface area contributed by atoms with E-state index in [0.29, 0.717) is 37.9 Å². The Labute approximate surface area is 223 Å². The lowest BCUT2D eigenvalue weighted by atomic mass is 10.1. The van der Waals surface area contributed by atoms with Gasteiger partial charge < -0.3 is 15.5 Å². The SMILES string of the molecule is CN(c1ccccc1)S(=O)(=O)NC(=O)[C@@]12C[C@H]1/C=C\CCCCC[C@H](NC=O)C(=O)N1CCC[C@H]1C(=O)N2. The van der Waals surface area contributed by atoms with Crippen molar-refractivity contribution in [3.8, 4) is 0 Å². The first kappa shape index (κ1) is 27.6. The maximum Gasteiger partial charge on any atom is 0.325 e. The van der Waals surface area contributed by atoms with Gasteiger partial charge in [-0.2, -0.15) is 8.42 Å². The Morgan fingerprint density at radius 1 is 1.13 bits per heavy atom. The van der Waals surface area contributed by atoms with E-state index in [1.54, 1.807) is 30.3 Å². The van der Waals surface area contributed by atoms with Crippen molar-refractivity contribution in [3.63, 3.8) is 0 Å². The summed E-state index contributed by atoms with van der Waals surface area (Å²) >= 11 is 0. The van der Waals surface area contributed by atoms with Gasteiger partial charge in [0.25, 0.3) is 5.91 Å². The Morgan fingerprint density at radius 2 is 1.89 bits per heavy atom. The molecular weight excluding hydrogens is 510 g/mol. The summed E-state index contributed by atoms with van der Waals surface area (Å²) in [5, 5.41) is 5.40. The summed E-state index contributed by atoms with van der Waals surface area (Å²) < 4.78 is 29.2. The quantitative estimate of drug-likeness (QED) is 0.359. The highest BCUT2D eigenvalue weighted by Gasteiger charge is 2.61. The highest BCUT2D eigenvalue weighted by molar-refractivity contribution is 7.91. The largest absolute Gasteiger partial charge is 0.347 e. The van der Waals surface area contributed by atoms with E-state index in [-0.39, 0.29) is 18.2 Å². The molecule has 1 aliphatic carbocycles. The van der Waals surface area contributed by atoms with Crippen LogP contribution in [0.5, 0.6) is 0 Å². The molecule has 12 heteroatoms. The summed E-state index contributed by atoms with van der Waals surface area (Å²) in [6.45, 7) is 0.368. The maximum atomic E-state index is 13.5. The predicted molar refractivity (Wildman–Crippen MR) is 141 cm³/mol. The minimum Gasteiger partial charge on any atom is -0.347 e. The molecule has 1 aromatic rings. The Morgan fingerprint density at radius 3 is 2.63 bits per heavy atom. The summed E-state index contributed by atoms with van der Waals surface area (Å²) in [6, 6.07) is 6.82. The molecule has 3 N–H and O–H groups in total. The Balaban J connectivity index is 1.57. The Bertz CT molecular complexity index is 1190. The van der Waals surface area contributed by atoms with Crippen LogP contribution in [0.4, 0.5) is 5.69 Å². The normalized spacial score (nSPS) is 29.0. The fourth-order valence-electron chi connectivity index (χ4n) is 5.25. The van der Waals surface area contributed by atoms with Crippen LogP contribution < -0.4 is 19.7 Å². The van der Waals surface area contributed by atoms with Gasteiger partial charge in [0.05, 0.1) is 5.69 Å². The summed E-state index contributed by atoms with van der Waals surface area (Å²) in [5.41, 5.74) is -1.06. The molecule has 1 aromatic carbocycles. The highest BCUT2D eigenvalue weighted by atomic mass is 32.2. The summed E-state index contributed by atoms with van der Waals surface area (Å²) in [6.07, 6.45) is 9.28. The van der Waals surface area contributed by atoms with Gasteiger partial charge in [-0.25, -0.2) is 4.72 Å². The second kappa shape index (κ2) is 11.5. The van der Waals surface area contributed by atoms with E-state index < -0.39 is 39.6 Å². The number of para-hydroxylation sites is 1. The van der Waals surface area contributed by atoms with Crippen LogP contribution in [0.15, 0.2) is 42.5 Å². The van der Waals surface area contributed by atoms with Gasteiger partial charge in [0.2, 0.25) is 18.2 Å². The average molecular weight is 546 g/mol. The fraction of sp³-hybridized carbons (Fsp3) is 0.538. The number of carbonyl (C=O) groups is 4. The minimum atomic E-state index is -4.24. The molecule has 0 aromatic heterocycles. The molecule has 4 rings (SSSR count). The van der Waals surface area contributed by atoms with Gasteiger partial charge in [-0.1, -0.05) is 43.2 Å². The molecule has 38 heavy (non-hydrogen) atoms. The number of nitrogens with zero attached hydrogens (tertiary/aromatic N) is 2. The van der Waals surface area contributed by atoms with Crippen molar-refractivity contribution < 1.29 is 27.6 Å². The van der Waals surface area contributed by atoms with Gasteiger partial charge in [-0.05, 0) is 50.7 Å². The van der Waals surface area contributed by atoms with Crippen LogP contribution in [-0.4, -0.2) is 68.7 Å². The summed E-state index contributed by atoms with van der Waals surface area (Å²) in [4.78, 5) is 52.8. The molecule has 1 saturated carbocycles. The molecule has 2 heterocycles. The van der Waals surface area contributed by atoms with Crippen LogP contribution in [0, 0.1) is 5.92 Å². The van der Waals surface area contributed by atoms with Crippen LogP contribution in [0.1, 0.15) is 51.4 Å². The third kappa shape index (κ3) is 5.85. The van der Waals surface area contributed by atoms with Crippen LogP contribution in [0.2, 0.25) is 0 Å². The summed E-state index contributed by atoms with van der Waals surface area (Å²) in [5.74, 6) is -2.01. The number of benzene rings is 1. The first-order chi connectivity index (χ1) is 18.2. The molecule has 2 aliphatic heterocycles. The van der Waals surface area contributed by atoms with Crippen molar-refractivity contribution in [2.75, 3.05) is 17.9 Å². The monoisotopic (exact) mass is 545 g/mol. The second-order valence-corrected chi connectivity index (χ2v) is 11.8. The van der Waals surface area contributed by atoms with Crippen molar-refractivity contribution in [1.82, 2.24) is 20.3 Å². The van der Waals surface area contributed by atoms with Crippen molar-refractivity contribution in [2.45, 2.75) is 69.0 Å². The number of carbonyl (C=O) groups excluding carboxylic acids is 4. The number of rotatable bonds is 6. The van der Waals surface area contributed by atoms with Crippen molar-refractivity contribution in [1.29, 1.82) is 0 Å². The molecular formula is C26H35N5O6S. The standard InChI is InChI=1S/C26H35N5O6S/c1-30(20-12-7-5-8-13-20)38(36,37)29-25(35)26-17-19(26)11-6-3-2-4-9-14-21(27-18-32)24(34)31-16-10-15-22(31)23(33)28-26/h5-8,11-13,18-19,21-22H,2-4,9-10,14-17H2,1H3,(H,27,32)(H,28,33)(H,29,35)/b11-6-/t19-,21+,22+,26-/m1/s1. The lowest BCUT2D eigenvalue weighted by molar-refractivity contribution is -0.141. The molecule has 4 atom stereocenters. The van der Waals surface area contributed by atoms with E-state index in [1.165, 1.54) is 11.9 Å². The molecule has 0 unspecified atom stereocenters. The molecule has 0 spiro atoms. The molecule has 1 saturated heterocycles. The topological polar surface area (TPSA) is 145 Å². The van der Waals surface area contributed by atoms with Crippen LogP contribution >= 0.6 is 0 Å². The molecule has 4 amide bonds. The second-order valence-electron chi connectivity index (χ2n) is 10.1. The number of allylic oxidation sites excluding steroid dienone is 1.